The lowest BCUT2D eigenvalue weighted by Crippen LogP contribution is -2.51. The number of carbonyl (C=O) groups is 3. The molecule has 5 nitrogen and oxygen atoms in total. The number of hydrogen-bond donors (Lipinski definition) is 2. The molecule has 2 N–H and O–H groups in total. The highest BCUT2D eigenvalue weighted by atomic mass is 35.5. The first-order valence-electron chi connectivity index (χ1n) is 7.33. The highest BCUT2D eigenvalue weighted by Crippen LogP contribution is 2.22. The molecule has 0 unspecified atom stereocenters. The molecule has 7 heteroatoms. The van der Waals surface area contributed by atoms with Crippen LogP contribution >= 0.6 is 11.6 Å². The average Bonchev–Trinajstić information content (AvgIpc) is 2.53. The van der Waals surface area contributed by atoms with Crippen molar-refractivity contribution in [3.05, 3.63) is 75.6 Å². The lowest BCUT2D eigenvalue weighted by molar-refractivity contribution is -0.123. The molecular weight excluding hydrogens is 347 g/mol. The first-order chi connectivity index (χ1) is 11.9. The molecule has 1 saturated heterocycles. The third kappa shape index (κ3) is 3.92. The number of imide groups is 2. The van der Waals surface area contributed by atoms with E-state index in [1.165, 1.54) is 18.2 Å². The predicted octanol–water partition coefficient (Wildman–Crippen LogP) is 2.82. The SMILES string of the molecule is O=C1NC(=O)C(=Cc2cc(Cl)ccc2Cc2cccc(F)c2)C(=O)N1. The normalized spacial score (nSPS) is 14.2. The minimum atomic E-state index is -0.863. The zero-order valence-corrected chi connectivity index (χ0v) is 13.6. The fraction of sp³-hybridized carbons (Fsp3) is 0.0556. The van der Waals surface area contributed by atoms with Gasteiger partial charge in [-0.25, -0.2) is 9.18 Å². The van der Waals surface area contributed by atoms with Gasteiger partial charge in [0.15, 0.2) is 0 Å². The Morgan fingerprint density at radius 3 is 2.40 bits per heavy atom. The number of barbiturate groups is 1. The molecule has 126 valence electrons. The Kier molecular flexibility index (Phi) is 4.63. The lowest BCUT2D eigenvalue weighted by Gasteiger charge is -2.15. The van der Waals surface area contributed by atoms with E-state index in [0.29, 0.717) is 17.0 Å². The molecule has 0 bridgehead atoms. The largest absolute Gasteiger partial charge is 0.328 e. The molecule has 0 radical (unpaired) electrons. The van der Waals surface area contributed by atoms with Crippen molar-refractivity contribution < 1.29 is 18.8 Å². The highest BCUT2D eigenvalue weighted by molar-refractivity contribution is 6.32. The van der Waals surface area contributed by atoms with Gasteiger partial charge in [-0.05, 0) is 53.5 Å². The zero-order valence-electron chi connectivity index (χ0n) is 12.8. The van der Waals surface area contributed by atoms with Gasteiger partial charge in [-0.15, -0.1) is 0 Å². The Bertz CT molecular complexity index is 902. The highest BCUT2D eigenvalue weighted by Gasteiger charge is 2.27. The Morgan fingerprint density at radius 2 is 1.72 bits per heavy atom. The van der Waals surface area contributed by atoms with Crippen LogP contribution in [0.4, 0.5) is 9.18 Å². The number of nitrogens with one attached hydrogen (secondary N) is 2. The predicted molar refractivity (Wildman–Crippen MR) is 90.3 cm³/mol. The van der Waals surface area contributed by atoms with Crippen LogP contribution in [-0.4, -0.2) is 17.8 Å². The number of amides is 4. The monoisotopic (exact) mass is 358 g/mol. The van der Waals surface area contributed by atoms with Gasteiger partial charge in [0.25, 0.3) is 11.8 Å². The fourth-order valence-corrected chi connectivity index (χ4v) is 2.67. The second-order valence-electron chi connectivity index (χ2n) is 5.45. The summed E-state index contributed by atoms with van der Waals surface area (Å²) < 4.78 is 13.4. The fourth-order valence-electron chi connectivity index (χ4n) is 2.49. The van der Waals surface area contributed by atoms with Gasteiger partial charge in [0.05, 0.1) is 0 Å². The number of rotatable bonds is 3. The van der Waals surface area contributed by atoms with Crippen LogP contribution in [0.1, 0.15) is 16.7 Å². The second kappa shape index (κ2) is 6.86. The second-order valence-corrected chi connectivity index (χ2v) is 5.88. The van der Waals surface area contributed by atoms with E-state index in [9.17, 15) is 18.8 Å². The molecule has 0 aliphatic carbocycles. The summed E-state index contributed by atoms with van der Waals surface area (Å²) in [5.41, 5.74) is 1.81. The van der Waals surface area contributed by atoms with Gasteiger partial charge in [0, 0.05) is 5.02 Å². The van der Waals surface area contributed by atoms with Crippen molar-refractivity contribution in [2.45, 2.75) is 6.42 Å². The van der Waals surface area contributed by atoms with Gasteiger partial charge in [0.2, 0.25) is 0 Å². The van der Waals surface area contributed by atoms with Crippen LogP contribution in [0.3, 0.4) is 0 Å². The summed E-state index contributed by atoms with van der Waals surface area (Å²) in [5.74, 6) is -1.92. The van der Waals surface area contributed by atoms with Crippen molar-refractivity contribution in [1.82, 2.24) is 10.6 Å². The van der Waals surface area contributed by atoms with Crippen LogP contribution in [0.15, 0.2) is 48.0 Å². The van der Waals surface area contributed by atoms with Gasteiger partial charge in [-0.3, -0.25) is 20.2 Å². The van der Waals surface area contributed by atoms with Crippen LogP contribution < -0.4 is 10.6 Å². The third-order valence-corrected chi connectivity index (χ3v) is 3.87. The molecule has 0 atom stereocenters. The molecule has 3 rings (SSSR count). The van der Waals surface area contributed by atoms with E-state index in [0.717, 1.165) is 11.1 Å². The number of carbonyl (C=O) groups excluding carboxylic acids is 3. The summed E-state index contributed by atoms with van der Waals surface area (Å²) in [6.07, 6.45) is 1.74. The van der Waals surface area contributed by atoms with E-state index in [-0.39, 0.29) is 11.4 Å². The summed E-state index contributed by atoms with van der Waals surface area (Å²) >= 11 is 6.01. The summed E-state index contributed by atoms with van der Waals surface area (Å²) in [5, 5.41) is 4.44. The molecule has 2 aromatic carbocycles. The van der Waals surface area contributed by atoms with Crippen molar-refractivity contribution in [3.8, 4) is 0 Å². The Hall–Kier alpha value is -2.99. The third-order valence-electron chi connectivity index (χ3n) is 3.63. The van der Waals surface area contributed by atoms with E-state index >= 15 is 0 Å². The standard InChI is InChI=1S/C18H12ClFN2O3/c19-13-5-4-11(6-10-2-1-3-14(20)7-10)12(8-13)9-15-16(23)21-18(25)22-17(15)24/h1-5,7-9H,6H2,(H2,21,22,23,24,25). The summed E-state index contributed by atoms with van der Waals surface area (Å²) in [7, 11) is 0. The number of benzene rings is 2. The van der Waals surface area contributed by atoms with Gasteiger partial charge in [-0.2, -0.15) is 0 Å². The molecule has 1 aliphatic heterocycles. The smallest absolute Gasteiger partial charge is 0.273 e. The van der Waals surface area contributed by atoms with E-state index in [1.807, 2.05) is 10.6 Å². The van der Waals surface area contributed by atoms with E-state index in [4.69, 9.17) is 11.6 Å². The van der Waals surface area contributed by atoms with Crippen LogP contribution in [0, 0.1) is 5.82 Å². The van der Waals surface area contributed by atoms with Crippen molar-refractivity contribution in [2.75, 3.05) is 0 Å². The maximum atomic E-state index is 13.4. The number of hydrogen-bond acceptors (Lipinski definition) is 3. The van der Waals surface area contributed by atoms with Gasteiger partial charge >= 0.3 is 6.03 Å². The summed E-state index contributed by atoms with van der Waals surface area (Å²) in [6, 6.07) is 10.3. The molecular formula is C18H12ClFN2O3. The van der Waals surface area contributed by atoms with E-state index in [2.05, 4.69) is 0 Å². The Morgan fingerprint density at radius 1 is 1.00 bits per heavy atom. The first kappa shape index (κ1) is 16.9. The van der Waals surface area contributed by atoms with Crippen molar-refractivity contribution >= 4 is 35.5 Å². The Labute approximate surface area is 147 Å². The molecule has 0 aromatic heterocycles. The summed E-state index contributed by atoms with van der Waals surface area (Å²) in [6.45, 7) is 0. The van der Waals surface area contributed by atoms with Crippen molar-refractivity contribution in [1.29, 1.82) is 0 Å². The van der Waals surface area contributed by atoms with Crippen LogP contribution in [0.25, 0.3) is 6.08 Å². The quantitative estimate of drug-likeness (QED) is 0.654. The molecule has 1 aliphatic rings. The van der Waals surface area contributed by atoms with Crippen LogP contribution in [0.2, 0.25) is 5.02 Å². The van der Waals surface area contributed by atoms with Crippen molar-refractivity contribution in [2.24, 2.45) is 0 Å². The number of halogens is 2. The zero-order chi connectivity index (χ0) is 18.0. The molecule has 25 heavy (non-hydrogen) atoms. The molecule has 1 fully saturated rings. The molecule has 1 heterocycles. The molecule has 0 spiro atoms. The van der Waals surface area contributed by atoms with E-state index in [1.54, 1.807) is 30.3 Å². The minimum absolute atomic E-state index is 0.206. The topological polar surface area (TPSA) is 75.3 Å². The van der Waals surface area contributed by atoms with Crippen LogP contribution in [0.5, 0.6) is 0 Å². The minimum Gasteiger partial charge on any atom is -0.273 e. The van der Waals surface area contributed by atoms with E-state index < -0.39 is 17.8 Å². The van der Waals surface area contributed by atoms with Gasteiger partial charge < -0.3 is 0 Å². The van der Waals surface area contributed by atoms with Crippen molar-refractivity contribution in [3.63, 3.8) is 0 Å². The number of urea groups is 1. The molecule has 2 aromatic rings. The molecule has 0 saturated carbocycles. The van der Waals surface area contributed by atoms with Crippen LogP contribution in [-0.2, 0) is 16.0 Å². The average molecular weight is 359 g/mol. The molecule has 4 amide bonds. The Balaban J connectivity index is 2.00. The maximum Gasteiger partial charge on any atom is 0.328 e. The summed E-state index contributed by atoms with van der Waals surface area (Å²) in [4.78, 5) is 34.9. The first-order valence-corrected chi connectivity index (χ1v) is 7.71. The lowest BCUT2D eigenvalue weighted by atomic mass is 9.97. The van der Waals surface area contributed by atoms with Gasteiger partial charge in [0.1, 0.15) is 11.4 Å². The maximum absolute atomic E-state index is 13.4. The van der Waals surface area contributed by atoms with Gasteiger partial charge in [-0.1, -0.05) is 29.8 Å².